The van der Waals surface area contributed by atoms with Gasteiger partial charge in [-0.1, -0.05) is 11.3 Å². The summed E-state index contributed by atoms with van der Waals surface area (Å²) in [5.74, 6) is -0.379. The zero-order valence-corrected chi connectivity index (χ0v) is 24.5. The minimum Gasteiger partial charge on any atom is -0.496 e. The number of amides is 1. The molecular formula is C28H33FN6O5S. The van der Waals surface area contributed by atoms with Gasteiger partial charge in [-0.2, -0.15) is 10.2 Å². The summed E-state index contributed by atoms with van der Waals surface area (Å²) in [6, 6.07) is 4.11. The number of nitrogens with zero attached hydrogens (tertiary/aromatic N) is 6. The second kappa shape index (κ2) is 11.2. The van der Waals surface area contributed by atoms with Crippen molar-refractivity contribution in [2.24, 2.45) is 0 Å². The molecule has 5 rings (SSSR count). The second-order valence-corrected chi connectivity index (χ2v) is 11.4. The van der Waals surface area contributed by atoms with E-state index < -0.39 is 28.7 Å². The van der Waals surface area contributed by atoms with Crippen LogP contribution in [0.5, 0.6) is 5.75 Å². The molecule has 1 amide bonds. The SMILES string of the molecule is CCOC(Cn1c(=O)n(C(C)(C)C(=O)N2CCCC2)c(=O)c2c(C)c(-n3nccn3)sc21)c1cc(F)ccc1OC. The first kappa shape index (κ1) is 28.7. The van der Waals surface area contributed by atoms with Crippen LogP contribution in [0.3, 0.4) is 0 Å². The van der Waals surface area contributed by atoms with Crippen LogP contribution in [0.4, 0.5) is 4.39 Å². The van der Waals surface area contributed by atoms with Gasteiger partial charge in [0, 0.05) is 30.8 Å². The van der Waals surface area contributed by atoms with Crippen molar-refractivity contribution in [3.8, 4) is 10.8 Å². The Morgan fingerprint density at radius 3 is 2.49 bits per heavy atom. The molecule has 1 fully saturated rings. The van der Waals surface area contributed by atoms with Crippen molar-refractivity contribution >= 4 is 27.5 Å². The molecule has 11 nitrogen and oxygen atoms in total. The van der Waals surface area contributed by atoms with Crippen LogP contribution < -0.4 is 16.0 Å². The Bertz CT molecular complexity index is 1700. The minimum absolute atomic E-state index is 0.0663. The Kier molecular flexibility index (Phi) is 7.84. The molecule has 0 aliphatic carbocycles. The van der Waals surface area contributed by atoms with Crippen molar-refractivity contribution < 1.29 is 18.7 Å². The standard InChI is InChI=1S/C28H33FN6O5S/c1-6-40-21(19-15-18(29)9-10-20(19)39-5)16-33-25-22(17(2)24(41-25)35-30-11-12-31-35)23(36)34(27(33)38)28(3,4)26(37)32-13-7-8-14-32/h9-12,15,21H,6-8,13-14,16H2,1-5H3. The maximum atomic E-state index is 14.4. The molecule has 1 aromatic carbocycles. The molecule has 0 saturated carbocycles. The van der Waals surface area contributed by atoms with Gasteiger partial charge in [0.1, 0.15) is 33.0 Å². The fraction of sp³-hybridized carbons (Fsp3) is 0.464. The lowest BCUT2D eigenvalue weighted by Crippen LogP contribution is -2.56. The molecule has 1 atom stereocenters. The number of hydrogen-bond donors (Lipinski definition) is 0. The van der Waals surface area contributed by atoms with Gasteiger partial charge in [-0.25, -0.2) is 13.8 Å². The van der Waals surface area contributed by atoms with E-state index in [1.165, 1.54) is 58.4 Å². The van der Waals surface area contributed by atoms with Crippen LogP contribution in [0.2, 0.25) is 0 Å². The van der Waals surface area contributed by atoms with Gasteiger partial charge in [0.2, 0.25) is 5.91 Å². The van der Waals surface area contributed by atoms with E-state index in [1.807, 2.05) is 0 Å². The minimum atomic E-state index is -1.47. The third kappa shape index (κ3) is 4.97. The van der Waals surface area contributed by atoms with E-state index in [0.29, 0.717) is 39.8 Å². The smallest absolute Gasteiger partial charge is 0.333 e. The molecule has 13 heteroatoms. The summed E-state index contributed by atoms with van der Waals surface area (Å²) in [6.45, 7) is 8.11. The van der Waals surface area contributed by atoms with E-state index in [1.54, 1.807) is 32.6 Å². The highest BCUT2D eigenvalue weighted by molar-refractivity contribution is 7.21. The molecule has 0 spiro atoms. The molecule has 1 saturated heterocycles. The fourth-order valence-electron chi connectivity index (χ4n) is 5.47. The number of ether oxygens (including phenoxy) is 2. The van der Waals surface area contributed by atoms with Crippen LogP contribution in [0.1, 0.15) is 50.8 Å². The highest BCUT2D eigenvalue weighted by Gasteiger charge is 2.39. The second-order valence-electron chi connectivity index (χ2n) is 10.5. The predicted molar refractivity (Wildman–Crippen MR) is 152 cm³/mol. The number of aryl methyl sites for hydroxylation is 1. The van der Waals surface area contributed by atoms with Gasteiger partial charge in [-0.15, -0.1) is 4.80 Å². The lowest BCUT2D eigenvalue weighted by Gasteiger charge is -2.31. The summed E-state index contributed by atoms with van der Waals surface area (Å²) in [6.07, 6.45) is 3.98. The highest BCUT2D eigenvalue weighted by Crippen LogP contribution is 2.34. The average molecular weight is 585 g/mol. The number of rotatable bonds is 9. The number of halogens is 1. The van der Waals surface area contributed by atoms with Crippen molar-refractivity contribution in [1.29, 1.82) is 0 Å². The number of aromatic nitrogens is 5. The molecule has 0 bridgehead atoms. The molecular weight excluding hydrogens is 551 g/mol. The summed E-state index contributed by atoms with van der Waals surface area (Å²) in [5, 5.41) is 9.29. The van der Waals surface area contributed by atoms with Gasteiger partial charge in [0.15, 0.2) is 0 Å². The summed E-state index contributed by atoms with van der Waals surface area (Å²) in [5.41, 5.74) is -1.70. The number of methoxy groups -OCH3 is 1. The van der Waals surface area contributed by atoms with E-state index in [0.717, 1.165) is 17.4 Å². The van der Waals surface area contributed by atoms with E-state index in [-0.39, 0.29) is 24.4 Å². The zero-order valence-electron chi connectivity index (χ0n) is 23.7. The zero-order chi connectivity index (χ0) is 29.5. The van der Waals surface area contributed by atoms with Gasteiger partial charge in [-0.05, 0) is 58.7 Å². The molecule has 218 valence electrons. The summed E-state index contributed by atoms with van der Waals surface area (Å²) in [7, 11) is 1.47. The summed E-state index contributed by atoms with van der Waals surface area (Å²) in [4.78, 5) is 45.6. The quantitative estimate of drug-likeness (QED) is 0.296. The number of likely N-dealkylation sites (tertiary alicyclic amines) is 1. The Labute approximate surface area is 239 Å². The van der Waals surface area contributed by atoms with Crippen molar-refractivity contribution in [2.45, 2.75) is 58.7 Å². The van der Waals surface area contributed by atoms with Crippen molar-refractivity contribution in [2.75, 3.05) is 26.8 Å². The third-order valence-corrected chi connectivity index (χ3v) is 8.80. The monoisotopic (exact) mass is 584 g/mol. The van der Waals surface area contributed by atoms with E-state index in [9.17, 15) is 18.8 Å². The van der Waals surface area contributed by atoms with E-state index in [4.69, 9.17) is 9.47 Å². The number of benzene rings is 1. The third-order valence-electron chi connectivity index (χ3n) is 7.52. The molecule has 1 unspecified atom stereocenters. The van der Waals surface area contributed by atoms with Gasteiger partial charge in [0.25, 0.3) is 5.56 Å². The molecule has 0 N–H and O–H groups in total. The molecule has 1 aliphatic heterocycles. The normalized spacial score (nSPS) is 14.6. The Hall–Kier alpha value is -3.84. The van der Waals surface area contributed by atoms with Crippen LogP contribution in [0.15, 0.2) is 40.2 Å². The maximum Gasteiger partial charge on any atom is 0.333 e. The number of carbonyl (C=O) groups excluding carboxylic acids is 1. The fourth-order valence-corrected chi connectivity index (χ4v) is 6.69. The molecule has 41 heavy (non-hydrogen) atoms. The largest absolute Gasteiger partial charge is 0.496 e. The number of hydrogen-bond acceptors (Lipinski definition) is 8. The van der Waals surface area contributed by atoms with Crippen LogP contribution >= 0.6 is 11.3 Å². The van der Waals surface area contributed by atoms with Crippen LogP contribution in [0, 0.1) is 12.7 Å². The van der Waals surface area contributed by atoms with Crippen molar-refractivity contribution in [3.05, 3.63) is 68.4 Å². The Morgan fingerprint density at radius 2 is 1.85 bits per heavy atom. The predicted octanol–water partition coefficient (Wildman–Crippen LogP) is 3.40. The van der Waals surface area contributed by atoms with E-state index >= 15 is 0 Å². The summed E-state index contributed by atoms with van der Waals surface area (Å²) < 4.78 is 28.4. The number of thiophene rings is 1. The van der Waals surface area contributed by atoms with Crippen LogP contribution in [-0.4, -0.2) is 61.7 Å². The molecule has 4 aromatic rings. The first-order chi connectivity index (χ1) is 19.6. The number of fused-ring (bicyclic) bond motifs is 1. The lowest BCUT2D eigenvalue weighted by atomic mass is 10.0. The average Bonchev–Trinajstić information content (AvgIpc) is 3.72. The summed E-state index contributed by atoms with van der Waals surface area (Å²) >= 11 is 1.19. The molecule has 4 heterocycles. The maximum absolute atomic E-state index is 14.4. The van der Waals surface area contributed by atoms with Gasteiger partial charge in [0.05, 0.1) is 31.4 Å². The Morgan fingerprint density at radius 1 is 1.17 bits per heavy atom. The van der Waals surface area contributed by atoms with Crippen LogP contribution in [-0.2, 0) is 21.6 Å². The lowest BCUT2D eigenvalue weighted by molar-refractivity contribution is -0.138. The van der Waals surface area contributed by atoms with Gasteiger partial charge >= 0.3 is 5.69 Å². The first-order valence-corrected chi connectivity index (χ1v) is 14.3. The molecule has 3 aromatic heterocycles. The topological polar surface area (TPSA) is 113 Å². The molecule has 0 radical (unpaired) electrons. The van der Waals surface area contributed by atoms with E-state index in [2.05, 4.69) is 10.2 Å². The van der Waals surface area contributed by atoms with Gasteiger partial charge in [-0.3, -0.25) is 14.2 Å². The molecule has 1 aliphatic rings. The Balaban J connectivity index is 1.77. The van der Waals surface area contributed by atoms with Crippen LogP contribution in [0.25, 0.3) is 15.2 Å². The van der Waals surface area contributed by atoms with Crippen molar-refractivity contribution in [1.82, 2.24) is 29.0 Å². The number of carbonyl (C=O) groups is 1. The van der Waals surface area contributed by atoms with Crippen molar-refractivity contribution in [3.63, 3.8) is 0 Å². The van der Waals surface area contributed by atoms with Gasteiger partial charge < -0.3 is 14.4 Å². The highest BCUT2D eigenvalue weighted by atomic mass is 32.1. The first-order valence-electron chi connectivity index (χ1n) is 13.5.